The molecule has 0 aromatic rings. The number of rotatable bonds is 4. The summed E-state index contributed by atoms with van der Waals surface area (Å²) in [5.41, 5.74) is 0. The average molecular weight is 214 g/mol. The first kappa shape index (κ1) is 14.2. The molecule has 0 radical (unpaired) electrons. The van der Waals surface area contributed by atoms with Gasteiger partial charge in [-0.3, -0.25) is 0 Å². The number of aliphatic hydroxyl groups is 1. The van der Waals surface area contributed by atoms with Crippen molar-refractivity contribution in [1.29, 1.82) is 0 Å². The molecule has 1 aliphatic rings. The van der Waals surface area contributed by atoms with Crippen molar-refractivity contribution in [3.05, 3.63) is 24.5 Å². The van der Waals surface area contributed by atoms with Gasteiger partial charge in [-0.05, 0) is 25.3 Å². The number of aliphatic hydroxyl groups excluding tert-OH is 1. The van der Waals surface area contributed by atoms with Gasteiger partial charge in [0.2, 0.25) is 0 Å². The molecule has 1 saturated heterocycles. The van der Waals surface area contributed by atoms with Crippen LogP contribution < -0.4 is 0 Å². The van der Waals surface area contributed by atoms with Crippen LogP contribution in [0, 0.1) is 0 Å². The lowest BCUT2D eigenvalue weighted by molar-refractivity contribution is -0.312. The molecule has 0 aromatic heterocycles. The maximum Gasteiger partial charge on any atom is 0.0823 e. The van der Waals surface area contributed by atoms with Gasteiger partial charge in [-0.1, -0.05) is 31.9 Å². The van der Waals surface area contributed by atoms with Crippen LogP contribution >= 0.6 is 0 Å². The van der Waals surface area contributed by atoms with Crippen molar-refractivity contribution >= 4 is 0 Å². The van der Waals surface area contributed by atoms with Crippen LogP contribution in [0.25, 0.3) is 0 Å². The number of unbranched alkanes of at least 4 members (excludes halogenated alkanes) is 2. The van der Waals surface area contributed by atoms with Gasteiger partial charge in [0.1, 0.15) is 0 Å². The fourth-order valence-corrected chi connectivity index (χ4v) is 0.986. The highest BCUT2D eigenvalue weighted by Crippen LogP contribution is 1.97. The molecule has 1 heterocycles. The monoisotopic (exact) mass is 214 g/mol. The zero-order valence-corrected chi connectivity index (χ0v) is 9.52. The Balaban J connectivity index is 0.000000280. The molecule has 1 rings (SSSR count). The SMILES string of the molecule is C1CCOOC1.CCCCC=CC=CO. The Morgan fingerprint density at radius 1 is 1.13 bits per heavy atom. The summed E-state index contributed by atoms with van der Waals surface area (Å²) in [6.07, 6.45) is 12.5. The van der Waals surface area contributed by atoms with Gasteiger partial charge in [-0.25, -0.2) is 9.78 Å². The Labute approximate surface area is 92.3 Å². The van der Waals surface area contributed by atoms with Gasteiger partial charge in [-0.2, -0.15) is 0 Å². The number of allylic oxidation sites excluding steroid dienone is 3. The van der Waals surface area contributed by atoms with Crippen LogP contribution in [0.5, 0.6) is 0 Å². The molecule has 88 valence electrons. The van der Waals surface area contributed by atoms with Gasteiger partial charge in [0.15, 0.2) is 0 Å². The van der Waals surface area contributed by atoms with Crippen molar-refractivity contribution in [3.8, 4) is 0 Å². The predicted octanol–water partition coefficient (Wildman–Crippen LogP) is 3.53. The molecule has 0 aromatic carbocycles. The molecule has 1 fully saturated rings. The first-order valence-electron chi connectivity index (χ1n) is 5.62. The largest absolute Gasteiger partial charge is 0.516 e. The molecule has 0 bridgehead atoms. The van der Waals surface area contributed by atoms with E-state index in [1.54, 1.807) is 6.08 Å². The average Bonchev–Trinajstić information content (AvgIpc) is 2.32. The van der Waals surface area contributed by atoms with Crippen molar-refractivity contribution in [2.45, 2.75) is 39.0 Å². The summed E-state index contributed by atoms with van der Waals surface area (Å²) in [4.78, 5) is 9.14. The van der Waals surface area contributed by atoms with Crippen LogP contribution in [-0.2, 0) is 9.78 Å². The van der Waals surface area contributed by atoms with Crippen molar-refractivity contribution in [1.82, 2.24) is 0 Å². The third-order valence-corrected chi connectivity index (χ3v) is 1.85. The molecule has 1 aliphatic heterocycles. The Morgan fingerprint density at radius 3 is 2.20 bits per heavy atom. The van der Waals surface area contributed by atoms with E-state index in [9.17, 15) is 0 Å². The van der Waals surface area contributed by atoms with Gasteiger partial charge in [-0.15, -0.1) is 0 Å². The molecule has 1 N–H and O–H groups in total. The molecule has 0 spiro atoms. The Morgan fingerprint density at radius 2 is 1.80 bits per heavy atom. The van der Waals surface area contributed by atoms with E-state index in [1.165, 1.54) is 12.8 Å². The highest BCUT2D eigenvalue weighted by Gasteiger charge is 1.95. The molecule has 0 atom stereocenters. The summed E-state index contributed by atoms with van der Waals surface area (Å²) >= 11 is 0. The second kappa shape index (κ2) is 13.2. The van der Waals surface area contributed by atoms with E-state index in [-0.39, 0.29) is 0 Å². The van der Waals surface area contributed by atoms with Gasteiger partial charge in [0, 0.05) is 0 Å². The molecule has 3 nitrogen and oxygen atoms in total. The molecule has 0 aliphatic carbocycles. The first-order chi connectivity index (χ1) is 7.41. The van der Waals surface area contributed by atoms with Crippen LogP contribution in [0.15, 0.2) is 24.5 Å². The van der Waals surface area contributed by atoms with Crippen molar-refractivity contribution < 1.29 is 14.9 Å². The van der Waals surface area contributed by atoms with Crippen LogP contribution in [0.4, 0.5) is 0 Å². The van der Waals surface area contributed by atoms with Gasteiger partial charge in [0.25, 0.3) is 0 Å². The Hall–Kier alpha value is -0.800. The van der Waals surface area contributed by atoms with E-state index in [0.717, 1.165) is 38.7 Å². The zero-order valence-electron chi connectivity index (χ0n) is 9.52. The van der Waals surface area contributed by atoms with E-state index >= 15 is 0 Å². The minimum absolute atomic E-state index is 0.778. The number of hydrogen-bond donors (Lipinski definition) is 1. The second-order valence-corrected chi connectivity index (χ2v) is 3.26. The van der Waals surface area contributed by atoms with Gasteiger partial charge in [0.05, 0.1) is 19.5 Å². The minimum Gasteiger partial charge on any atom is -0.516 e. The van der Waals surface area contributed by atoms with E-state index < -0.39 is 0 Å². The molecule has 0 unspecified atom stereocenters. The summed E-state index contributed by atoms with van der Waals surface area (Å²) in [6.45, 7) is 3.72. The van der Waals surface area contributed by atoms with Crippen LogP contribution in [0.2, 0.25) is 0 Å². The molecule has 0 saturated carbocycles. The van der Waals surface area contributed by atoms with E-state index in [1.807, 2.05) is 6.08 Å². The summed E-state index contributed by atoms with van der Waals surface area (Å²) in [6, 6.07) is 0. The summed E-state index contributed by atoms with van der Waals surface area (Å²) in [5, 5.41) is 8.19. The third-order valence-electron chi connectivity index (χ3n) is 1.85. The van der Waals surface area contributed by atoms with Gasteiger partial charge < -0.3 is 5.11 Å². The highest BCUT2D eigenvalue weighted by atomic mass is 17.2. The molecule has 15 heavy (non-hydrogen) atoms. The van der Waals surface area contributed by atoms with Gasteiger partial charge >= 0.3 is 0 Å². The lowest BCUT2D eigenvalue weighted by Gasteiger charge is -2.07. The van der Waals surface area contributed by atoms with E-state index in [0.29, 0.717) is 0 Å². The lowest BCUT2D eigenvalue weighted by Crippen LogP contribution is -2.05. The maximum atomic E-state index is 8.19. The van der Waals surface area contributed by atoms with E-state index in [4.69, 9.17) is 5.11 Å². The van der Waals surface area contributed by atoms with Crippen LogP contribution in [0.3, 0.4) is 0 Å². The van der Waals surface area contributed by atoms with Crippen molar-refractivity contribution in [2.75, 3.05) is 13.2 Å². The smallest absolute Gasteiger partial charge is 0.0823 e. The molecular formula is C12H22O3. The normalized spacial score (nSPS) is 16.6. The van der Waals surface area contributed by atoms with Crippen molar-refractivity contribution in [2.24, 2.45) is 0 Å². The Kier molecular flexibility index (Phi) is 12.5. The predicted molar refractivity (Wildman–Crippen MR) is 61.6 cm³/mol. The molecule has 3 heteroatoms. The van der Waals surface area contributed by atoms with Crippen LogP contribution in [-0.4, -0.2) is 18.3 Å². The summed E-state index contributed by atoms with van der Waals surface area (Å²) in [5.74, 6) is 0. The van der Waals surface area contributed by atoms with Crippen LogP contribution in [0.1, 0.15) is 39.0 Å². The number of hydrogen-bond acceptors (Lipinski definition) is 3. The quantitative estimate of drug-likeness (QED) is 0.337. The Bertz CT molecular complexity index is 149. The van der Waals surface area contributed by atoms with Crippen molar-refractivity contribution in [3.63, 3.8) is 0 Å². The summed E-state index contributed by atoms with van der Waals surface area (Å²) < 4.78 is 0. The molecule has 0 amide bonds. The third kappa shape index (κ3) is 13.2. The summed E-state index contributed by atoms with van der Waals surface area (Å²) in [7, 11) is 0. The fourth-order valence-electron chi connectivity index (χ4n) is 0.986. The fraction of sp³-hybridized carbons (Fsp3) is 0.667. The minimum atomic E-state index is 0.778. The first-order valence-corrected chi connectivity index (χ1v) is 5.62. The topological polar surface area (TPSA) is 38.7 Å². The highest BCUT2D eigenvalue weighted by molar-refractivity contribution is 4.98. The zero-order chi connectivity index (χ0) is 11.2. The lowest BCUT2D eigenvalue weighted by atomic mass is 10.2. The molecular weight excluding hydrogens is 192 g/mol. The van der Waals surface area contributed by atoms with E-state index in [2.05, 4.69) is 22.8 Å². The second-order valence-electron chi connectivity index (χ2n) is 3.26. The maximum absolute atomic E-state index is 8.19. The standard InChI is InChI=1S/C8H14O.C4H8O2/c1-2-3-4-5-6-7-8-9;1-2-4-6-5-3-1/h5-9H,2-4H2,1H3;1-4H2.